The van der Waals surface area contributed by atoms with E-state index < -0.39 is 0 Å². The molecule has 0 saturated heterocycles. The summed E-state index contributed by atoms with van der Waals surface area (Å²) < 4.78 is 2.62. The largest absolute Gasteiger partial charge is 0.348 e. The summed E-state index contributed by atoms with van der Waals surface area (Å²) in [5.41, 5.74) is 1.52. The van der Waals surface area contributed by atoms with E-state index in [1.54, 1.807) is 36.7 Å². The molecule has 0 amide bonds. The van der Waals surface area contributed by atoms with Crippen LogP contribution < -0.4 is 11.1 Å². The average Bonchev–Trinajstić information content (AvgIpc) is 3.10. The van der Waals surface area contributed by atoms with E-state index in [0.717, 1.165) is 0 Å². The fourth-order valence-corrected chi connectivity index (χ4v) is 3.21. The summed E-state index contributed by atoms with van der Waals surface area (Å²) in [6, 6.07) is 18.3. The SMILES string of the molecule is O=c1c2[nH]c3cnn(-c4ccccc4)c(=O)c3c2cnn1-c1ccccc1. The van der Waals surface area contributed by atoms with Crippen molar-refractivity contribution < 1.29 is 0 Å². The zero-order valence-corrected chi connectivity index (χ0v) is 14.0. The Morgan fingerprint density at radius 3 is 1.89 bits per heavy atom. The van der Waals surface area contributed by atoms with Gasteiger partial charge in [0.25, 0.3) is 11.1 Å². The number of hydrogen-bond donors (Lipinski definition) is 1. The highest BCUT2D eigenvalue weighted by atomic mass is 16.1. The summed E-state index contributed by atoms with van der Waals surface area (Å²) in [6.07, 6.45) is 3.09. The van der Waals surface area contributed by atoms with Crippen LogP contribution in [0.3, 0.4) is 0 Å². The topological polar surface area (TPSA) is 85.6 Å². The fourth-order valence-electron chi connectivity index (χ4n) is 3.21. The van der Waals surface area contributed by atoms with Gasteiger partial charge in [0, 0.05) is 5.39 Å². The Morgan fingerprint density at radius 1 is 0.704 bits per heavy atom. The summed E-state index contributed by atoms with van der Waals surface area (Å²) in [5, 5.41) is 9.37. The van der Waals surface area contributed by atoms with Crippen molar-refractivity contribution >= 4 is 21.8 Å². The molecule has 5 rings (SSSR count). The first-order chi connectivity index (χ1) is 13.2. The predicted octanol–water partition coefficient (Wildman–Crippen LogP) is 2.41. The van der Waals surface area contributed by atoms with Crippen molar-refractivity contribution in [2.45, 2.75) is 0 Å². The lowest BCUT2D eigenvalue weighted by atomic mass is 10.2. The molecule has 7 nitrogen and oxygen atoms in total. The summed E-state index contributed by atoms with van der Waals surface area (Å²) in [7, 11) is 0. The molecule has 0 aliphatic carbocycles. The standard InChI is InChI=1S/C20H13N5O2/c26-19-17-15-11-21-25(14-9-5-2-6-10-14)20(27)18(15)23-16(17)12-22-24(19)13-7-3-1-4-8-13/h1-12,23H. The van der Waals surface area contributed by atoms with Crippen molar-refractivity contribution in [3.05, 3.63) is 93.8 Å². The maximum absolute atomic E-state index is 13.0. The van der Waals surface area contributed by atoms with Gasteiger partial charge in [-0.3, -0.25) is 9.59 Å². The lowest BCUT2D eigenvalue weighted by molar-refractivity contribution is 0.819. The van der Waals surface area contributed by atoms with Crippen molar-refractivity contribution in [3.63, 3.8) is 0 Å². The third kappa shape index (κ3) is 2.29. The van der Waals surface area contributed by atoms with E-state index in [-0.39, 0.29) is 11.1 Å². The average molecular weight is 355 g/mol. The van der Waals surface area contributed by atoms with Gasteiger partial charge in [0.2, 0.25) is 0 Å². The predicted molar refractivity (Wildman–Crippen MR) is 103 cm³/mol. The molecule has 130 valence electrons. The van der Waals surface area contributed by atoms with Crippen LogP contribution in [0.1, 0.15) is 0 Å². The van der Waals surface area contributed by atoms with E-state index in [1.165, 1.54) is 9.36 Å². The molecule has 3 heterocycles. The second-order valence-electron chi connectivity index (χ2n) is 6.10. The highest BCUT2D eigenvalue weighted by Crippen LogP contribution is 2.19. The number of H-pyrrole nitrogens is 1. The highest BCUT2D eigenvalue weighted by Gasteiger charge is 2.16. The van der Waals surface area contributed by atoms with Gasteiger partial charge in [0.15, 0.2) is 0 Å². The third-order valence-corrected chi connectivity index (χ3v) is 4.49. The normalized spacial score (nSPS) is 11.3. The van der Waals surface area contributed by atoms with Crippen molar-refractivity contribution in [2.75, 3.05) is 0 Å². The fraction of sp³-hybridized carbons (Fsp3) is 0. The molecule has 5 aromatic rings. The molecule has 0 saturated carbocycles. The Morgan fingerprint density at radius 2 is 1.26 bits per heavy atom. The molecule has 1 N–H and O–H groups in total. The molecule has 0 spiro atoms. The zero-order chi connectivity index (χ0) is 18.4. The van der Waals surface area contributed by atoms with Gasteiger partial charge in [-0.1, -0.05) is 36.4 Å². The van der Waals surface area contributed by atoms with Crippen LogP contribution in [0.25, 0.3) is 33.2 Å². The van der Waals surface area contributed by atoms with Gasteiger partial charge in [-0.15, -0.1) is 0 Å². The molecule has 0 unspecified atom stereocenters. The molecule has 0 aliphatic heterocycles. The number of aromatic amines is 1. The number of para-hydroxylation sites is 2. The Labute approximate surface area is 152 Å². The van der Waals surface area contributed by atoms with Gasteiger partial charge < -0.3 is 4.98 Å². The molecule has 0 bridgehead atoms. The minimum atomic E-state index is -0.319. The van der Waals surface area contributed by atoms with E-state index >= 15 is 0 Å². The van der Waals surface area contributed by atoms with Gasteiger partial charge in [-0.2, -0.15) is 19.6 Å². The zero-order valence-electron chi connectivity index (χ0n) is 14.0. The van der Waals surface area contributed by atoms with Gasteiger partial charge >= 0.3 is 0 Å². The molecular weight excluding hydrogens is 342 g/mol. The number of nitrogens with one attached hydrogen (secondary N) is 1. The number of hydrogen-bond acceptors (Lipinski definition) is 4. The van der Waals surface area contributed by atoms with Gasteiger partial charge in [0.1, 0.15) is 5.52 Å². The number of benzene rings is 2. The second-order valence-corrected chi connectivity index (χ2v) is 6.10. The minimum Gasteiger partial charge on any atom is -0.348 e. The Kier molecular flexibility index (Phi) is 3.26. The molecule has 27 heavy (non-hydrogen) atoms. The number of aromatic nitrogens is 5. The smallest absolute Gasteiger partial charge is 0.295 e. The molecule has 0 atom stereocenters. The Hall–Kier alpha value is -4.00. The van der Waals surface area contributed by atoms with Crippen LogP contribution in [0, 0.1) is 0 Å². The molecule has 0 fully saturated rings. The van der Waals surface area contributed by atoms with E-state index in [1.807, 2.05) is 36.4 Å². The quantitative estimate of drug-likeness (QED) is 0.527. The van der Waals surface area contributed by atoms with Gasteiger partial charge in [-0.25, -0.2) is 0 Å². The molecule has 0 radical (unpaired) electrons. The maximum Gasteiger partial charge on any atom is 0.295 e. The molecule has 2 aromatic carbocycles. The minimum absolute atomic E-state index is 0.302. The number of rotatable bonds is 2. The maximum atomic E-state index is 13.0. The van der Waals surface area contributed by atoms with Crippen molar-refractivity contribution in [1.82, 2.24) is 24.5 Å². The van der Waals surface area contributed by atoms with Crippen LogP contribution in [-0.4, -0.2) is 24.5 Å². The lowest BCUT2D eigenvalue weighted by Crippen LogP contribution is -2.22. The van der Waals surface area contributed by atoms with E-state index in [0.29, 0.717) is 33.2 Å². The molecule has 7 heteroatoms. The van der Waals surface area contributed by atoms with Crippen LogP contribution in [0.4, 0.5) is 0 Å². The van der Waals surface area contributed by atoms with Crippen LogP contribution in [-0.2, 0) is 0 Å². The number of fused-ring (bicyclic) bond motifs is 3. The summed E-state index contributed by atoms with van der Waals surface area (Å²) in [6.45, 7) is 0. The summed E-state index contributed by atoms with van der Waals surface area (Å²) in [5.74, 6) is 0. The van der Waals surface area contributed by atoms with E-state index in [4.69, 9.17) is 0 Å². The monoisotopic (exact) mass is 355 g/mol. The molecule has 0 aliphatic rings. The van der Waals surface area contributed by atoms with Crippen LogP contribution >= 0.6 is 0 Å². The van der Waals surface area contributed by atoms with Crippen LogP contribution in [0.2, 0.25) is 0 Å². The van der Waals surface area contributed by atoms with Crippen molar-refractivity contribution in [3.8, 4) is 11.4 Å². The van der Waals surface area contributed by atoms with Crippen molar-refractivity contribution in [2.24, 2.45) is 0 Å². The lowest BCUT2D eigenvalue weighted by Gasteiger charge is -2.04. The third-order valence-electron chi connectivity index (χ3n) is 4.49. The van der Waals surface area contributed by atoms with E-state index in [9.17, 15) is 9.59 Å². The van der Waals surface area contributed by atoms with Crippen molar-refractivity contribution in [1.29, 1.82) is 0 Å². The molecule has 3 aromatic heterocycles. The van der Waals surface area contributed by atoms with Crippen LogP contribution in [0.5, 0.6) is 0 Å². The molecular formula is C20H13N5O2. The Bertz CT molecular complexity index is 1400. The first-order valence-electron chi connectivity index (χ1n) is 8.37. The Balaban J connectivity index is 1.82. The summed E-state index contributed by atoms with van der Waals surface area (Å²) >= 11 is 0. The van der Waals surface area contributed by atoms with E-state index in [2.05, 4.69) is 15.2 Å². The number of nitrogens with zero attached hydrogens (tertiary/aromatic N) is 4. The first kappa shape index (κ1) is 15.3. The van der Waals surface area contributed by atoms with Crippen LogP contribution in [0.15, 0.2) is 82.6 Å². The van der Waals surface area contributed by atoms with Gasteiger partial charge in [0.05, 0.1) is 34.7 Å². The van der Waals surface area contributed by atoms with Gasteiger partial charge in [-0.05, 0) is 24.3 Å². The first-order valence-corrected chi connectivity index (χ1v) is 8.37. The second kappa shape index (κ2) is 5.77. The highest BCUT2D eigenvalue weighted by molar-refractivity contribution is 6.05. The summed E-state index contributed by atoms with van der Waals surface area (Å²) in [4.78, 5) is 28.9.